The molecule has 0 aliphatic carbocycles. The third kappa shape index (κ3) is 4.25. The van der Waals surface area contributed by atoms with Crippen molar-refractivity contribution < 1.29 is 27.2 Å². The van der Waals surface area contributed by atoms with E-state index in [0.29, 0.717) is 29.6 Å². The van der Waals surface area contributed by atoms with Crippen molar-refractivity contribution in [1.82, 2.24) is 4.90 Å². The van der Waals surface area contributed by atoms with Crippen LogP contribution in [0.1, 0.15) is 35.2 Å². The van der Waals surface area contributed by atoms with Gasteiger partial charge < -0.3 is 14.6 Å². The molecule has 140 valence electrons. The lowest BCUT2D eigenvalue weighted by molar-refractivity contribution is -0.116. The molecule has 1 aromatic carbocycles. The first-order valence-corrected chi connectivity index (χ1v) is 8.04. The molecule has 0 radical (unpaired) electrons. The number of amides is 2. The van der Waals surface area contributed by atoms with Gasteiger partial charge in [-0.2, -0.15) is 0 Å². The summed E-state index contributed by atoms with van der Waals surface area (Å²) in [4.78, 5) is 26.1. The zero-order chi connectivity index (χ0) is 19.4. The summed E-state index contributed by atoms with van der Waals surface area (Å²) in [6.07, 6.45) is 0.592. The zero-order valence-electron chi connectivity index (χ0n) is 14.7. The molecule has 0 saturated carbocycles. The van der Waals surface area contributed by atoms with Gasteiger partial charge in [-0.1, -0.05) is 6.92 Å². The maximum Gasteiger partial charge on any atom is 0.257 e. The predicted octanol–water partition coefficient (Wildman–Crippen LogP) is 3.80. The molecule has 0 spiro atoms. The number of nitrogens with one attached hydrogen (secondary N) is 1. The first-order chi connectivity index (χ1) is 12.2. The second-order valence-corrected chi connectivity index (χ2v) is 5.82. The fourth-order valence-corrected chi connectivity index (χ4v) is 2.52. The molecule has 0 atom stereocenters. The highest BCUT2D eigenvalue weighted by atomic mass is 19.2. The second kappa shape index (κ2) is 8.07. The predicted molar refractivity (Wildman–Crippen MR) is 89.3 cm³/mol. The van der Waals surface area contributed by atoms with Crippen LogP contribution in [-0.2, 0) is 4.79 Å². The minimum Gasteiger partial charge on any atom is -0.466 e. The van der Waals surface area contributed by atoms with Crippen LogP contribution in [0.2, 0.25) is 0 Å². The van der Waals surface area contributed by atoms with Crippen molar-refractivity contribution in [2.45, 2.75) is 27.2 Å². The molecule has 0 aliphatic heterocycles. The largest absolute Gasteiger partial charge is 0.466 e. The molecule has 1 heterocycles. The summed E-state index contributed by atoms with van der Waals surface area (Å²) in [7, 11) is 0. The number of hydrogen-bond donors (Lipinski definition) is 1. The Bertz CT molecular complexity index is 833. The average molecular weight is 368 g/mol. The quantitative estimate of drug-likeness (QED) is 0.789. The summed E-state index contributed by atoms with van der Waals surface area (Å²) >= 11 is 0. The topological polar surface area (TPSA) is 62.6 Å². The van der Waals surface area contributed by atoms with Gasteiger partial charge in [-0.25, -0.2) is 13.2 Å². The van der Waals surface area contributed by atoms with Crippen LogP contribution >= 0.6 is 0 Å². The van der Waals surface area contributed by atoms with Crippen LogP contribution in [0.25, 0.3) is 0 Å². The number of nitrogens with zero attached hydrogens (tertiary/aromatic N) is 1. The van der Waals surface area contributed by atoms with E-state index in [1.54, 1.807) is 19.9 Å². The number of anilines is 1. The van der Waals surface area contributed by atoms with E-state index in [-0.39, 0.29) is 13.1 Å². The number of aryl methyl sites for hydroxylation is 2. The first-order valence-electron chi connectivity index (χ1n) is 8.04. The normalized spacial score (nSPS) is 10.7. The number of carbonyl (C=O) groups is 2. The third-order valence-electron chi connectivity index (χ3n) is 3.70. The van der Waals surface area contributed by atoms with Gasteiger partial charge in [0, 0.05) is 6.54 Å². The molecule has 2 aromatic rings. The molecule has 2 rings (SSSR count). The van der Waals surface area contributed by atoms with Gasteiger partial charge in [-0.05, 0) is 38.5 Å². The Morgan fingerprint density at radius 1 is 1.15 bits per heavy atom. The van der Waals surface area contributed by atoms with Crippen molar-refractivity contribution >= 4 is 17.5 Å². The molecular formula is C18H19F3N2O3. The van der Waals surface area contributed by atoms with Crippen LogP contribution in [0.15, 0.2) is 22.6 Å². The van der Waals surface area contributed by atoms with Crippen LogP contribution in [0.5, 0.6) is 0 Å². The highest BCUT2D eigenvalue weighted by molar-refractivity contribution is 6.00. The Labute approximate surface area is 148 Å². The summed E-state index contributed by atoms with van der Waals surface area (Å²) in [5, 5.41) is 2.16. The molecule has 0 bridgehead atoms. The molecule has 1 aromatic heterocycles. The SMILES string of the molecule is CCCN(CC(=O)Nc1ccc(F)c(F)c1F)C(=O)c1cc(C)oc1C. The van der Waals surface area contributed by atoms with E-state index in [9.17, 15) is 22.8 Å². The van der Waals surface area contributed by atoms with Crippen LogP contribution in [0.4, 0.5) is 18.9 Å². The molecule has 0 fully saturated rings. The van der Waals surface area contributed by atoms with Gasteiger partial charge in [-0.15, -0.1) is 0 Å². The number of benzene rings is 1. The molecule has 8 heteroatoms. The number of hydrogen-bond acceptors (Lipinski definition) is 3. The van der Waals surface area contributed by atoms with Gasteiger partial charge in [0.1, 0.15) is 18.1 Å². The van der Waals surface area contributed by atoms with Crippen molar-refractivity contribution in [2.75, 3.05) is 18.4 Å². The Kier molecular flexibility index (Phi) is 6.07. The smallest absolute Gasteiger partial charge is 0.257 e. The van der Waals surface area contributed by atoms with E-state index in [2.05, 4.69) is 5.32 Å². The second-order valence-electron chi connectivity index (χ2n) is 5.82. The number of rotatable bonds is 6. The molecule has 0 aliphatic rings. The van der Waals surface area contributed by atoms with Crippen molar-refractivity contribution in [3.63, 3.8) is 0 Å². The first kappa shape index (κ1) is 19.6. The molecule has 5 nitrogen and oxygen atoms in total. The van der Waals surface area contributed by atoms with E-state index >= 15 is 0 Å². The fraction of sp³-hybridized carbons (Fsp3) is 0.333. The molecule has 1 N–H and O–H groups in total. The van der Waals surface area contributed by atoms with Gasteiger partial charge in [0.25, 0.3) is 5.91 Å². The molecule has 2 amide bonds. The lowest BCUT2D eigenvalue weighted by atomic mass is 10.2. The Hall–Kier alpha value is -2.77. The van der Waals surface area contributed by atoms with E-state index in [1.807, 2.05) is 6.92 Å². The monoisotopic (exact) mass is 368 g/mol. The highest BCUT2D eigenvalue weighted by Crippen LogP contribution is 2.20. The fourth-order valence-electron chi connectivity index (χ4n) is 2.52. The van der Waals surface area contributed by atoms with Gasteiger partial charge in [0.05, 0.1) is 11.3 Å². The minimum atomic E-state index is -1.67. The highest BCUT2D eigenvalue weighted by Gasteiger charge is 2.23. The van der Waals surface area contributed by atoms with Crippen LogP contribution < -0.4 is 5.32 Å². The Balaban J connectivity index is 2.14. The minimum absolute atomic E-state index is 0.288. The van der Waals surface area contributed by atoms with Gasteiger partial charge in [0.15, 0.2) is 17.5 Å². The molecule has 0 unspecified atom stereocenters. The number of carbonyl (C=O) groups excluding carboxylic acids is 2. The molecule has 0 saturated heterocycles. The van der Waals surface area contributed by atoms with E-state index < -0.39 is 35.0 Å². The Morgan fingerprint density at radius 2 is 1.85 bits per heavy atom. The average Bonchev–Trinajstić information content (AvgIpc) is 2.92. The van der Waals surface area contributed by atoms with Crippen molar-refractivity contribution in [2.24, 2.45) is 0 Å². The molecular weight excluding hydrogens is 349 g/mol. The van der Waals surface area contributed by atoms with Crippen LogP contribution in [-0.4, -0.2) is 29.8 Å². The lowest BCUT2D eigenvalue weighted by Gasteiger charge is -2.21. The van der Waals surface area contributed by atoms with Crippen molar-refractivity contribution in [1.29, 1.82) is 0 Å². The van der Waals surface area contributed by atoms with E-state index in [0.717, 1.165) is 6.07 Å². The van der Waals surface area contributed by atoms with Crippen molar-refractivity contribution in [3.05, 3.63) is 52.7 Å². The number of halogens is 3. The lowest BCUT2D eigenvalue weighted by Crippen LogP contribution is -2.38. The third-order valence-corrected chi connectivity index (χ3v) is 3.70. The summed E-state index contributed by atoms with van der Waals surface area (Å²) in [5.74, 6) is -4.65. The van der Waals surface area contributed by atoms with Crippen molar-refractivity contribution in [3.8, 4) is 0 Å². The van der Waals surface area contributed by atoms with Crippen LogP contribution in [0, 0.1) is 31.3 Å². The van der Waals surface area contributed by atoms with Gasteiger partial charge in [-0.3, -0.25) is 9.59 Å². The van der Waals surface area contributed by atoms with E-state index in [4.69, 9.17) is 4.42 Å². The summed E-state index contributed by atoms with van der Waals surface area (Å²) in [5.41, 5.74) is -0.157. The van der Waals surface area contributed by atoms with E-state index in [1.165, 1.54) is 4.90 Å². The number of furan rings is 1. The zero-order valence-corrected chi connectivity index (χ0v) is 14.7. The molecule has 26 heavy (non-hydrogen) atoms. The summed E-state index contributed by atoms with van der Waals surface area (Å²) < 4.78 is 45.2. The maximum absolute atomic E-state index is 13.7. The summed E-state index contributed by atoms with van der Waals surface area (Å²) in [6, 6.07) is 3.20. The van der Waals surface area contributed by atoms with Gasteiger partial charge in [0.2, 0.25) is 5.91 Å². The van der Waals surface area contributed by atoms with Gasteiger partial charge >= 0.3 is 0 Å². The summed E-state index contributed by atoms with van der Waals surface area (Å²) in [6.45, 7) is 5.10. The Morgan fingerprint density at radius 3 is 2.42 bits per heavy atom. The maximum atomic E-state index is 13.7. The van der Waals surface area contributed by atoms with Crippen LogP contribution in [0.3, 0.4) is 0 Å². The standard InChI is InChI=1S/C18H19F3N2O3/c1-4-7-23(18(25)12-8-10(2)26-11(12)3)9-15(24)22-14-6-5-13(19)16(20)17(14)21/h5-6,8H,4,7,9H2,1-3H3,(H,22,24).